The first-order chi connectivity index (χ1) is 12.2. The number of hydrogen-bond donors (Lipinski definition) is 0. The molecule has 2 aromatic carbocycles. The van der Waals surface area contributed by atoms with Crippen molar-refractivity contribution in [3.8, 4) is 0 Å². The van der Waals surface area contributed by atoms with E-state index in [2.05, 4.69) is 12.1 Å². The van der Waals surface area contributed by atoms with Crippen molar-refractivity contribution in [2.24, 2.45) is 0 Å². The fourth-order valence-electron chi connectivity index (χ4n) is 2.60. The van der Waals surface area contributed by atoms with Gasteiger partial charge in [-0.2, -0.15) is 0 Å². The van der Waals surface area contributed by atoms with E-state index < -0.39 is 0 Å². The maximum absolute atomic E-state index is 12.5. The number of hydrogen-bond acceptors (Lipinski definition) is 3. The van der Waals surface area contributed by atoms with Gasteiger partial charge in [0, 0.05) is 6.54 Å². The van der Waals surface area contributed by atoms with Crippen molar-refractivity contribution in [3.63, 3.8) is 0 Å². The van der Waals surface area contributed by atoms with Crippen molar-refractivity contribution in [2.75, 3.05) is 6.54 Å². The summed E-state index contributed by atoms with van der Waals surface area (Å²) in [6, 6.07) is 20.3. The third-order valence-electron chi connectivity index (χ3n) is 3.90. The molecule has 25 heavy (non-hydrogen) atoms. The van der Waals surface area contributed by atoms with Gasteiger partial charge in [0.05, 0.1) is 4.91 Å². The van der Waals surface area contributed by atoms with Crippen molar-refractivity contribution < 1.29 is 4.79 Å². The maximum atomic E-state index is 12.5. The zero-order valence-electron chi connectivity index (χ0n) is 13.8. The fourth-order valence-corrected chi connectivity index (χ4v) is 3.86. The first-order valence-electron chi connectivity index (χ1n) is 8.25. The molecule has 0 radical (unpaired) electrons. The van der Waals surface area contributed by atoms with Crippen molar-refractivity contribution in [1.82, 2.24) is 4.90 Å². The summed E-state index contributed by atoms with van der Waals surface area (Å²) in [6.07, 6.45) is 7.60. The van der Waals surface area contributed by atoms with Gasteiger partial charge in [0.1, 0.15) is 4.32 Å². The molecule has 0 spiro atoms. The molecule has 2 nitrogen and oxygen atoms in total. The highest BCUT2D eigenvalue weighted by atomic mass is 32.2. The number of benzene rings is 2. The van der Waals surface area contributed by atoms with E-state index in [1.807, 2.05) is 66.8 Å². The molecule has 3 rings (SSSR count). The minimum atomic E-state index is 0.0146. The number of allylic oxidation sites excluding steroid dienone is 2. The van der Waals surface area contributed by atoms with E-state index in [-0.39, 0.29) is 5.91 Å². The maximum Gasteiger partial charge on any atom is 0.266 e. The SMILES string of the molecule is O=C1/C(=C/C=C/c2ccccc2)SC(=S)N1CCCc1ccccc1. The van der Waals surface area contributed by atoms with Crippen LogP contribution < -0.4 is 0 Å². The van der Waals surface area contributed by atoms with Crippen LogP contribution in [-0.4, -0.2) is 21.7 Å². The fraction of sp³-hybridized carbons (Fsp3) is 0.143. The Morgan fingerprint density at radius 2 is 1.68 bits per heavy atom. The number of aryl methyl sites for hydroxylation is 1. The summed E-state index contributed by atoms with van der Waals surface area (Å²) in [5.74, 6) is 0.0146. The Hall–Kier alpha value is -2.17. The molecule has 0 unspecified atom stereocenters. The molecule has 1 heterocycles. The van der Waals surface area contributed by atoms with Crippen molar-refractivity contribution in [2.45, 2.75) is 12.8 Å². The highest BCUT2D eigenvalue weighted by Crippen LogP contribution is 2.31. The van der Waals surface area contributed by atoms with Gasteiger partial charge in [-0.3, -0.25) is 9.69 Å². The molecule has 1 aliphatic heterocycles. The average Bonchev–Trinajstić information content (AvgIpc) is 2.91. The molecule has 1 amide bonds. The van der Waals surface area contributed by atoms with Crippen LogP contribution in [0.15, 0.2) is 77.7 Å². The summed E-state index contributed by atoms with van der Waals surface area (Å²) in [5, 5.41) is 0. The molecule has 126 valence electrons. The van der Waals surface area contributed by atoms with Crippen LogP contribution in [0.5, 0.6) is 0 Å². The van der Waals surface area contributed by atoms with Crippen molar-refractivity contribution in [1.29, 1.82) is 0 Å². The van der Waals surface area contributed by atoms with Crippen LogP contribution in [0.4, 0.5) is 0 Å². The number of thiocarbonyl (C=S) groups is 1. The lowest BCUT2D eigenvalue weighted by molar-refractivity contribution is -0.122. The standard InChI is InChI=1S/C21H19NOS2/c23-20-19(15-7-13-17-9-3-1-4-10-17)25-21(24)22(20)16-8-14-18-11-5-2-6-12-18/h1-7,9-13,15H,8,14,16H2/b13-7+,19-15-. The molecule has 0 saturated carbocycles. The molecule has 0 aliphatic carbocycles. The van der Waals surface area contributed by atoms with Gasteiger partial charge >= 0.3 is 0 Å². The van der Waals surface area contributed by atoms with Crippen LogP contribution in [0.25, 0.3) is 6.08 Å². The number of nitrogens with zero attached hydrogens (tertiary/aromatic N) is 1. The second-order valence-corrected chi connectivity index (χ2v) is 7.39. The van der Waals surface area contributed by atoms with Crippen LogP contribution in [-0.2, 0) is 11.2 Å². The monoisotopic (exact) mass is 365 g/mol. The predicted molar refractivity (Wildman–Crippen MR) is 110 cm³/mol. The van der Waals surface area contributed by atoms with E-state index in [4.69, 9.17) is 12.2 Å². The van der Waals surface area contributed by atoms with E-state index in [1.165, 1.54) is 17.3 Å². The minimum absolute atomic E-state index is 0.0146. The molecule has 0 N–H and O–H groups in total. The van der Waals surface area contributed by atoms with Gasteiger partial charge in [0.2, 0.25) is 0 Å². The zero-order valence-corrected chi connectivity index (χ0v) is 15.4. The molecular weight excluding hydrogens is 346 g/mol. The van der Waals surface area contributed by atoms with E-state index in [9.17, 15) is 4.79 Å². The normalized spacial score (nSPS) is 16.3. The lowest BCUT2D eigenvalue weighted by Gasteiger charge is -2.14. The molecule has 0 aromatic heterocycles. The average molecular weight is 366 g/mol. The molecule has 1 saturated heterocycles. The van der Waals surface area contributed by atoms with E-state index >= 15 is 0 Å². The second kappa shape index (κ2) is 8.79. The highest BCUT2D eigenvalue weighted by molar-refractivity contribution is 8.26. The van der Waals surface area contributed by atoms with Crippen molar-refractivity contribution >= 4 is 40.3 Å². The minimum Gasteiger partial charge on any atom is -0.293 e. The lowest BCUT2D eigenvalue weighted by atomic mass is 10.1. The Balaban J connectivity index is 1.56. The van der Waals surface area contributed by atoms with Crippen molar-refractivity contribution in [3.05, 3.63) is 88.8 Å². The third-order valence-corrected chi connectivity index (χ3v) is 5.30. The van der Waals surface area contributed by atoms with E-state index in [0.717, 1.165) is 18.4 Å². The quantitative estimate of drug-likeness (QED) is 0.526. The molecule has 2 aromatic rings. The van der Waals surface area contributed by atoms with Gasteiger partial charge in [-0.15, -0.1) is 0 Å². The summed E-state index contributed by atoms with van der Waals surface area (Å²) in [4.78, 5) is 14.9. The van der Waals surface area contributed by atoms with Gasteiger partial charge < -0.3 is 0 Å². The Bertz CT molecular complexity index is 797. The number of rotatable bonds is 6. The van der Waals surface area contributed by atoms with Crippen LogP contribution >= 0.6 is 24.0 Å². The second-order valence-electron chi connectivity index (χ2n) is 5.71. The highest BCUT2D eigenvalue weighted by Gasteiger charge is 2.30. The summed E-state index contributed by atoms with van der Waals surface area (Å²) in [6.45, 7) is 0.666. The third kappa shape index (κ3) is 4.91. The Morgan fingerprint density at radius 1 is 1.00 bits per heavy atom. The molecular formula is C21H19NOS2. The Labute approximate surface area is 158 Å². The van der Waals surface area contributed by atoms with Gasteiger partial charge in [-0.25, -0.2) is 0 Å². The van der Waals surface area contributed by atoms with Crippen LogP contribution in [0.1, 0.15) is 17.5 Å². The molecule has 4 heteroatoms. The van der Waals surface area contributed by atoms with Crippen LogP contribution in [0.2, 0.25) is 0 Å². The molecule has 1 aliphatic rings. The number of carbonyl (C=O) groups is 1. The van der Waals surface area contributed by atoms with Crippen LogP contribution in [0.3, 0.4) is 0 Å². The smallest absolute Gasteiger partial charge is 0.266 e. The first kappa shape index (κ1) is 17.6. The number of amides is 1. The Morgan fingerprint density at radius 3 is 2.40 bits per heavy atom. The van der Waals surface area contributed by atoms with E-state index in [1.54, 1.807) is 4.90 Å². The van der Waals surface area contributed by atoms with E-state index in [0.29, 0.717) is 15.8 Å². The number of thioether (sulfide) groups is 1. The van der Waals surface area contributed by atoms with Gasteiger partial charge in [-0.05, 0) is 30.0 Å². The molecule has 1 fully saturated rings. The summed E-state index contributed by atoms with van der Waals surface area (Å²) in [5.41, 5.74) is 2.39. The summed E-state index contributed by atoms with van der Waals surface area (Å²) in [7, 11) is 0. The predicted octanol–water partition coefficient (Wildman–Crippen LogP) is 5.08. The van der Waals surface area contributed by atoms with Gasteiger partial charge in [-0.1, -0.05) is 96.8 Å². The van der Waals surface area contributed by atoms with Gasteiger partial charge in [0.15, 0.2) is 0 Å². The van der Waals surface area contributed by atoms with Gasteiger partial charge in [0.25, 0.3) is 5.91 Å². The summed E-state index contributed by atoms with van der Waals surface area (Å²) >= 11 is 6.75. The zero-order chi connectivity index (χ0) is 17.5. The Kier molecular flexibility index (Phi) is 6.20. The molecule has 0 atom stereocenters. The largest absolute Gasteiger partial charge is 0.293 e. The first-order valence-corrected chi connectivity index (χ1v) is 9.47. The number of carbonyl (C=O) groups excluding carboxylic acids is 1. The molecule has 0 bridgehead atoms. The summed E-state index contributed by atoms with van der Waals surface area (Å²) < 4.78 is 0.650. The lowest BCUT2D eigenvalue weighted by Crippen LogP contribution is -2.29. The van der Waals surface area contributed by atoms with Crippen LogP contribution in [0, 0.1) is 0 Å². The topological polar surface area (TPSA) is 20.3 Å².